The van der Waals surface area contributed by atoms with Gasteiger partial charge in [-0.2, -0.15) is 0 Å². The van der Waals surface area contributed by atoms with Crippen LogP contribution in [0.25, 0.3) is 0 Å². The fourth-order valence-electron chi connectivity index (χ4n) is 2.81. The Balaban J connectivity index is 1.60. The van der Waals surface area contributed by atoms with Gasteiger partial charge in [-0.3, -0.25) is 19.3 Å². The topological polar surface area (TPSA) is 66.5 Å². The van der Waals surface area contributed by atoms with Crippen molar-refractivity contribution >= 4 is 17.7 Å². The van der Waals surface area contributed by atoms with Crippen molar-refractivity contribution in [2.45, 2.75) is 19.4 Å². The first-order valence-corrected chi connectivity index (χ1v) is 7.98. The summed E-state index contributed by atoms with van der Waals surface area (Å²) in [6.45, 7) is 1.85. The molecule has 1 unspecified atom stereocenters. The molecule has 0 fully saturated rings. The molecule has 6 heteroatoms. The molecule has 1 aliphatic heterocycles. The van der Waals surface area contributed by atoms with Crippen molar-refractivity contribution in [1.29, 1.82) is 0 Å². The molecule has 0 spiro atoms. The van der Waals surface area contributed by atoms with E-state index in [4.69, 9.17) is 0 Å². The minimum atomic E-state index is -0.902. The molecular weight excluding hydrogens is 323 g/mol. The summed E-state index contributed by atoms with van der Waals surface area (Å²) in [6, 6.07) is 11.6. The zero-order valence-electron chi connectivity index (χ0n) is 13.7. The predicted molar refractivity (Wildman–Crippen MR) is 89.5 cm³/mol. The third-order valence-electron chi connectivity index (χ3n) is 4.22. The largest absolute Gasteiger partial charge is 0.354 e. The Hall–Kier alpha value is -3.02. The van der Waals surface area contributed by atoms with Crippen LogP contribution in [0, 0.1) is 5.82 Å². The van der Waals surface area contributed by atoms with Gasteiger partial charge in [0.1, 0.15) is 11.9 Å². The molecular formula is C19H17FN2O3. The zero-order valence-corrected chi connectivity index (χ0v) is 13.7. The SMILES string of the molecule is CC(C(=O)NCCc1ccc(F)cc1)N1C(=O)c2ccccc2C1=O. The van der Waals surface area contributed by atoms with E-state index in [-0.39, 0.29) is 5.82 Å². The molecule has 0 saturated heterocycles. The molecule has 5 nitrogen and oxygen atoms in total. The lowest BCUT2D eigenvalue weighted by atomic mass is 10.1. The van der Waals surface area contributed by atoms with Crippen molar-refractivity contribution in [3.05, 3.63) is 71.0 Å². The van der Waals surface area contributed by atoms with Gasteiger partial charge in [0.05, 0.1) is 11.1 Å². The van der Waals surface area contributed by atoms with Crippen molar-refractivity contribution in [3.8, 4) is 0 Å². The monoisotopic (exact) mass is 340 g/mol. The van der Waals surface area contributed by atoms with Crippen LogP contribution in [0.4, 0.5) is 4.39 Å². The molecule has 0 bridgehead atoms. The minimum absolute atomic E-state index is 0.313. The molecule has 2 aromatic rings. The highest BCUT2D eigenvalue weighted by atomic mass is 19.1. The van der Waals surface area contributed by atoms with E-state index in [9.17, 15) is 18.8 Å². The average Bonchev–Trinajstić information content (AvgIpc) is 2.87. The Morgan fingerprint density at radius 3 is 2.16 bits per heavy atom. The van der Waals surface area contributed by atoms with Gasteiger partial charge >= 0.3 is 0 Å². The predicted octanol–water partition coefficient (Wildman–Crippen LogP) is 2.17. The first-order valence-electron chi connectivity index (χ1n) is 7.98. The fraction of sp³-hybridized carbons (Fsp3) is 0.211. The molecule has 0 saturated carbocycles. The second-order valence-corrected chi connectivity index (χ2v) is 5.87. The third-order valence-corrected chi connectivity index (χ3v) is 4.22. The molecule has 3 rings (SSSR count). The second-order valence-electron chi connectivity index (χ2n) is 5.87. The molecule has 1 aliphatic rings. The first kappa shape index (κ1) is 16.8. The van der Waals surface area contributed by atoms with Crippen LogP contribution < -0.4 is 5.32 Å². The summed E-state index contributed by atoms with van der Waals surface area (Å²) < 4.78 is 12.9. The molecule has 128 valence electrons. The van der Waals surface area contributed by atoms with E-state index in [1.807, 2.05) is 0 Å². The van der Waals surface area contributed by atoms with Crippen molar-refractivity contribution in [1.82, 2.24) is 10.2 Å². The van der Waals surface area contributed by atoms with Gasteiger partial charge in [0.25, 0.3) is 11.8 Å². The van der Waals surface area contributed by atoms with E-state index >= 15 is 0 Å². The molecule has 2 aromatic carbocycles. The number of carbonyl (C=O) groups excluding carboxylic acids is 3. The number of hydrogen-bond donors (Lipinski definition) is 1. The van der Waals surface area contributed by atoms with E-state index in [0.717, 1.165) is 10.5 Å². The van der Waals surface area contributed by atoms with Crippen LogP contribution in [0.15, 0.2) is 48.5 Å². The van der Waals surface area contributed by atoms with Crippen molar-refractivity contribution in [2.24, 2.45) is 0 Å². The van der Waals surface area contributed by atoms with Gasteiger partial charge in [-0.05, 0) is 43.2 Å². The van der Waals surface area contributed by atoms with Gasteiger partial charge in [-0.15, -0.1) is 0 Å². The molecule has 0 radical (unpaired) electrons. The van der Waals surface area contributed by atoms with E-state index in [2.05, 4.69) is 5.32 Å². The van der Waals surface area contributed by atoms with Gasteiger partial charge < -0.3 is 5.32 Å². The van der Waals surface area contributed by atoms with Crippen LogP contribution in [-0.4, -0.2) is 35.2 Å². The number of halogens is 1. The van der Waals surface area contributed by atoms with Crippen LogP contribution in [0.5, 0.6) is 0 Å². The van der Waals surface area contributed by atoms with Crippen molar-refractivity contribution in [3.63, 3.8) is 0 Å². The van der Waals surface area contributed by atoms with Gasteiger partial charge in [0.2, 0.25) is 5.91 Å². The number of carbonyl (C=O) groups is 3. The van der Waals surface area contributed by atoms with Crippen LogP contribution in [0.1, 0.15) is 33.2 Å². The Morgan fingerprint density at radius 2 is 1.60 bits per heavy atom. The first-order chi connectivity index (χ1) is 12.0. The van der Waals surface area contributed by atoms with Crippen molar-refractivity contribution < 1.29 is 18.8 Å². The Bertz CT molecular complexity index is 798. The number of imide groups is 1. The van der Waals surface area contributed by atoms with Crippen molar-refractivity contribution in [2.75, 3.05) is 6.54 Å². The Labute approximate surface area is 144 Å². The molecule has 1 atom stereocenters. The normalized spacial score (nSPS) is 14.4. The molecule has 3 amide bonds. The number of fused-ring (bicyclic) bond motifs is 1. The quantitative estimate of drug-likeness (QED) is 0.849. The summed E-state index contributed by atoms with van der Waals surface area (Å²) in [5.41, 5.74) is 1.52. The smallest absolute Gasteiger partial charge is 0.262 e. The lowest BCUT2D eigenvalue weighted by molar-refractivity contribution is -0.124. The maximum atomic E-state index is 12.9. The van der Waals surface area contributed by atoms with Crippen LogP contribution >= 0.6 is 0 Å². The van der Waals surface area contributed by atoms with Gasteiger partial charge in [0.15, 0.2) is 0 Å². The lowest BCUT2D eigenvalue weighted by Gasteiger charge is -2.21. The number of hydrogen-bond acceptors (Lipinski definition) is 3. The molecule has 25 heavy (non-hydrogen) atoms. The van der Waals surface area contributed by atoms with Crippen LogP contribution in [0.2, 0.25) is 0 Å². The molecule has 0 aliphatic carbocycles. The van der Waals surface area contributed by atoms with Gasteiger partial charge in [-0.1, -0.05) is 24.3 Å². The summed E-state index contributed by atoms with van der Waals surface area (Å²) in [5, 5.41) is 2.71. The third kappa shape index (κ3) is 3.28. The van der Waals surface area contributed by atoms with E-state index in [1.54, 1.807) is 36.4 Å². The standard InChI is InChI=1S/C19H17FN2O3/c1-12(17(23)21-11-10-13-6-8-14(20)9-7-13)22-18(24)15-4-2-3-5-16(15)19(22)25/h2-9,12H,10-11H2,1H3,(H,21,23). The number of benzene rings is 2. The summed E-state index contributed by atoms with van der Waals surface area (Å²) >= 11 is 0. The molecule has 1 N–H and O–H groups in total. The number of nitrogens with one attached hydrogen (secondary N) is 1. The highest BCUT2D eigenvalue weighted by Gasteiger charge is 2.40. The second kappa shape index (κ2) is 6.84. The van der Waals surface area contributed by atoms with E-state index in [1.165, 1.54) is 19.1 Å². The Kier molecular flexibility index (Phi) is 4.61. The van der Waals surface area contributed by atoms with Crippen LogP contribution in [0.3, 0.4) is 0 Å². The van der Waals surface area contributed by atoms with Crippen LogP contribution in [-0.2, 0) is 11.2 Å². The molecule has 1 heterocycles. The zero-order chi connectivity index (χ0) is 18.0. The van der Waals surface area contributed by atoms with Gasteiger partial charge in [0, 0.05) is 6.54 Å². The highest BCUT2D eigenvalue weighted by Crippen LogP contribution is 2.24. The number of amides is 3. The summed E-state index contributed by atoms with van der Waals surface area (Å²) in [6.07, 6.45) is 0.529. The minimum Gasteiger partial charge on any atom is -0.354 e. The van der Waals surface area contributed by atoms with Gasteiger partial charge in [-0.25, -0.2) is 4.39 Å². The molecule has 0 aromatic heterocycles. The number of nitrogens with zero attached hydrogens (tertiary/aromatic N) is 1. The highest BCUT2D eigenvalue weighted by molar-refractivity contribution is 6.22. The van der Waals surface area contributed by atoms with E-state index in [0.29, 0.717) is 24.1 Å². The Morgan fingerprint density at radius 1 is 1.04 bits per heavy atom. The summed E-state index contributed by atoms with van der Waals surface area (Å²) in [5.74, 6) is -1.63. The lowest BCUT2D eigenvalue weighted by Crippen LogP contribution is -2.48. The summed E-state index contributed by atoms with van der Waals surface area (Å²) in [7, 11) is 0. The maximum absolute atomic E-state index is 12.9. The summed E-state index contributed by atoms with van der Waals surface area (Å²) in [4.78, 5) is 38.0. The maximum Gasteiger partial charge on any atom is 0.262 e. The number of rotatable bonds is 5. The average molecular weight is 340 g/mol. The van der Waals surface area contributed by atoms with E-state index < -0.39 is 23.8 Å². The fourth-order valence-corrected chi connectivity index (χ4v) is 2.81.